The zero-order valence-corrected chi connectivity index (χ0v) is 12.2. The Balaban J connectivity index is 1.81. The first-order valence-electron chi connectivity index (χ1n) is 7.79. The van der Waals surface area contributed by atoms with Crippen LogP contribution in [0.1, 0.15) is 51.9 Å². The first-order chi connectivity index (χ1) is 9.15. The third-order valence-corrected chi connectivity index (χ3v) is 4.81. The van der Waals surface area contributed by atoms with Crippen LogP contribution in [0.4, 0.5) is 4.79 Å². The average Bonchev–Trinajstić information content (AvgIpc) is 2.46. The summed E-state index contributed by atoms with van der Waals surface area (Å²) in [5.41, 5.74) is -0.0602. The van der Waals surface area contributed by atoms with E-state index in [1.165, 1.54) is 25.7 Å². The highest BCUT2D eigenvalue weighted by molar-refractivity contribution is 5.74. The van der Waals surface area contributed by atoms with Crippen molar-refractivity contribution in [1.29, 1.82) is 0 Å². The Morgan fingerprint density at radius 2 is 2.05 bits per heavy atom. The smallest absolute Gasteiger partial charge is 0.317 e. The molecule has 2 fully saturated rings. The number of rotatable bonds is 3. The van der Waals surface area contributed by atoms with Crippen molar-refractivity contribution >= 4 is 6.03 Å². The number of piperidine rings is 1. The van der Waals surface area contributed by atoms with Gasteiger partial charge < -0.3 is 15.3 Å². The number of nitrogens with one attached hydrogen (secondary N) is 1. The summed E-state index contributed by atoms with van der Waals surface area (Å²) in [6, 6.07) is 0.0601. The summed E-state index contributed by atoms with van der Waals surface area (Å²) in [6.45, 7) is 4.78. The molecular weight excluding hydrogens is 240 g/mol. The molecule has 1 atom stereocenters. The third kappa shape index (κ3) is 3.85. The summed E-state index contributed by atoms with van der Waals surface area (Å²) in [7, 11) is 0. The van der Waals surface area contributed by atoms with Crippen LogP contribution in [0.5, 0.6) is 0 Å². The van der Waals surface area contributed by atoms with Crippen molar-refractivity contribution in [1.82, 2.24) is 10.2 Å². The maximum absolute atomic E-state index is 12.2. The van der Waals surface area contributed by atoms with E-state index in [2.05, 4.69) is 12.2 Å². The predicted molar refractivity (Wildman–Crippen MR) is 76.0 cm³/mol. The maximum atomic E-state index is 12.2. The zero-order chi connectivity index (χ0) is 13.7. The second-order valence-corrected chi connectivity index (χ2v) is 6.57. The minimum Gasteiger partial charge on any atom is -0.396 e. The van der Waals surface area contributed by atoms with Gasteiger partial charge in [0.2, 0.25) is 0 Å². The van der Waals surface area contributed by atoms with Crippen LogP contribution in [0.25, 0.3) is 0 Å². The summed E-state index contributed by atoms with van der Waals surface area (Å²) >= 11 is 0. The van der Waals surface area contributed by atoms with Crippen LogP contribution >= 0.6 is 0 Å². The molecule has 1 saturated carbocycles. The average molecular weight is 268 g/mol. The van der Waals surface area contributed by atoms with Crippen LogP contribution in [0.2, 0.25) is 0 Å². The molecule has 0 bridgehead atoms. The Labute approximate surface area is 116 Å². The zero-order valence-electron chi connectivity index (χ0n) is 12.2. The van der Waals surface area contributed by atoms with E-state index < -0.39 is 0 Å². The summed E-state index contributed by atoms with van der Waals surface area (Å²) in [5.74, 6) is 0.612. The van der Waals surface area contributed by atoms with E-state index in [1.54, 1.807) is 0 Å². The first kappa shape index (κ1) is 14.6. The number of hydrogen-bond donors (Lipinski definition) is 2. The van der Waals surface area contributed by atoms with Gasteiger partial charge in [-0.25, -0.2) is 4.79 Å². The lowest BCUT2D eigenvalue weighted by Gasteiger charge is -2.37. The van der Waals surface area contributed by atoms with E-state index in [0.717, 1.165) is 32.4 Å². The molecule has 19 heavy (non-hydrogen) atoms. The number of carbonyl (C=O) groups excluding carboxylic acids is 1. The third-order valence-electron chi connectivity index (χ3n) is 4.81. The fraction of sp³-hybridized carbons (Fsp3) is 0.933. The molecule has 2 amide bonds. The standard InChI is InChI=1S/C15H28N2O2/c1-13-6-5-9-17(10-13)14(19)16-11-15(12-18)7-3-2-4-8-15/h13,18H,2-12H2,1H3,(H,16,19). The molecule has 0 aromatic carbocycles. The maximum Gasteiger partial charge on any atom is 0.317 e. The highest BCUT2D eigenvalue weighted by Crippen LogP contribution is 2.35. The Morgan fingerprint density at radius 1 is 1.32 bits per heavy atom. The number of aliphatic hydroxyl groups is 1. The van der Waals surface area contributed by atoms with Gasteiger partial charge in [-0.2, -0.15) is 0 Å². The topological polar surface area (TPSA) is 52.6 Å². The van der Waals surface area contributed by atoms with Gasteiger partial charge in [0.15, 0.2) is 0 Å². The second-order valence-electron chi connectivity index (χ2n) is 6.57. The van der Waals surface area contributed by atoms with E-state index in [4.69, 9.17) is 0 Å². The normalized spacial score (nSPS) is 27.1. The van der Waals surface area contributed by atoms with Gasteiger partial charge in [-0.3, -0.25) is 0 Å². The van der Waals surface area contributed by atoms with Crippen molar-refractivity contribution < 1.29 is 9.90 Å². The molecule has 1 aliphatic heterocycles. The van der Waals surface area contributed by atoms with Crippen molar-refractivity contribution in [2.75, 3.05) is 26.2 Å². The highest BCUT2D eigenvalue weighted by atomic mass is 16.3. The van der Waals surface area contributed by atoms with E-state index in [0.29, 0.717) is 12.5 Å². The Hall–Kier alpha value is -0.770. The van der Waals surface area contributed by atoms with Crippen LogP contribution in [0, 0.1) is 11.3 Å². The lowest BCUT2D eigenvalue weighted by atomic mass is 9.74. The fourth-order valence-corrected chi connectivity index (χ4v) is 3.44. The Bertz CT molecular complexity index is 301. The summed E-state index contributed by atoms with van der Waals surface area (Å²) in [4.78, 5) is 14.1. The molecule has 2 N–H and O–H groups in total. The SMILES string of the molecule is CC1CCCN(C(=O)NCC2(CO)CCCCC2)C1. The fourth-order valence-electron chi connectivity index (χ4n) is 3.44. The van der Waals surface area contributed by atoms with Crippen molar-refractivity contribution in [3.05, 3.63) is 0 Å². The highest BCUT2D eigenvalue weighted by Gasteiger charge is 2.32. The lowest BCUT2D eigenvalue weighted by molar-refractivity contribution is 0.0802. The monoisotopic (exact) mass is 268 g/mol. The van der Waals surface area contributed by atoms with E-state index >= 15 is 0 Å². The molecule has 1 aliphatic carbocycles. The van der Waals surface area contributed by atoms with Crippen LogP contribution in [-0.2, 0) is 0 Å². The lowest BCUT2D eigenvalue weighted by Crippen LogP contribution is -2.49. The molecule has 2 aliphatic rings. The molecule has 1 saturated heterocycles. The second kappa shape index (κ2) is 6.60. The largest absolute Gasteiger partial charge is 0.396 e. The van der Waals surface area contributed by atoms with Gasteiger partial charge in [0.1, 0.15) is 0 Å². The summed E-state index contributed by atoms with van der Waals surface area (Å²) in [5, 5.41) is 12.7. The number of nitrogens with zero attached hydrogens (tertiary/aromatic N) is 1. The van der Waals surface area contributed by atoms with Crippen LogP contribution in [0.15, 0.2) is 0 Å². The molecule has 0 radical (unpaired) electrons. The molecule has 0 aromatic rings. The molecular formula is C15H28N2O2. The molecule has 2 rings (SSSR count). The van der Waals surface area contributed by atoms with E-state index in [9.17, 15) is 9.90 Å². The quantitative estimate of drug-likeness (QED) is 0.825. The van der Waals surface area contributed by atoms with Crippen molar-refractivity contribution in [3.63, 3.8) is 0 Å². The van der Waals surface area contributed by atoms with Crippen LogP contribution in [-0.4, -0.2) is 42.3 Å². The number of carbonyl (C=O) groups is 1. The van der Waals surface area contributed by atoms with Gasteiger partial charge in [0, 0.05) is 25.0 Å². The van der Waals surface area contributed by atoms with Crippen LogP contribution < -0.4 is 5.32 Å². The van der Waals surface area contributed by atoms with Crippen molar-refractivity contribution in [2.45, 2.75) is 51.9 Å². The van der Waals surface area contributed by atoms with Gasteiger partial charge in [-0.1, -0.05) is 26.2 Å². The van der Waals surface area contributed by atoms with Crippen LogP contribution in [0.3, 0.4) is 0 Å². The minimum atomic E-state index is -0.0602. The van der Waals surface area contributed by atoms with Gasteiger partial charge in [-0.15, -0.1) is 0 Å². The number of amides is 2. The molecule has 1 unspecified atom stereocenters. The molecule has 110 valence electrons. The van der Waals surface area contributed by atoms with Gasteiger partial charge in [0.25, 0.3) is 0 Å². The molecule has 4 heteroatoms. The minimum absolute atomic E-state index is 0.0601. The number of aliphatic hydroxyl groups excluding tert-OH is 1. The van der Waals surface area contributed by atoms with E-state index in [1.807, 2.05) is 4.90 Å². The summed E-state index contributed by atoms with van der Waals surface area (Å²) in [6.07, 6.45) is 8.04. The molecule has 4 nitrogen and oxygen atoms in total. The predicted octanol–water partition coefficient (Wildman–Crippen LogP) is 2.37. The molecule has 0 aromatic heterocycles. The van der Waals surface area contributed by atoms with Crippen molar-refractivity contribution in [2.24, 2.45) is 11.3 Å². The number of urea groups is 1. The first-order valence-corrected chi connectivity index (χ1v) is 7.79. The van der Waals surface area contributed by atoms with Gasteiger partial charge in [0.05, 0.1) is 6.61 Å². The Morgan fingerprint density at radius 3 is 2.68 bits per heavy atom. The van der Waals surface area contributed by atoms with Crippen molar-refractivity contribution in [3.8, 4) is 0 Å². The van der Waals surface area contributed by atoms with Gasteiger partial charge in [-0.05, 0) is 31.6 Å². The molecule has 1 heterocycles. The summed E-state index contributed by atoms with van der Waals surface area (Å²) < 4.78 is 0. The molecule has 0 spiro atoms. The number of hydrogen-bond acceptors (Lipinski definition) is 2. The van der Waals surface area contributed by atoms with E-state index in [-0.39, 0.29) is 18.1 Å². The van der Waals surface area contributed by atoms with Gasteiger partial charge >= 0.3 is 6.03 Å². The Kier molecular flexibility index (Phi) is 5.08. The number of likely N-dealkylation sites (tertiary alicyclic amines) is 1.